The van der Waals surface area contributed by atoms with Crippen molar-refractivity contribution in [3.05, 3.63) is 23.5 Å². The lowest BCUT2D eigenvalue weighted by Gasteiger charge is -2.38. The maximum Gasteiger partial charge on any atom is 0.270 e. The third kappa shape index (κ3) is 2.18. The first kappa shape index (κ1) is 12.7. The molecule has 1 N–H and O–H groups in total. The predicted molar refractivity (Wildman–Crippen MR) is 75.2 cm³/mol. The highest BCUT2D eigenvalue weighted by Crippen LogP contribution is 2.37. The van der Waals surface area contributed by atoms with Crippen molar-refractivity contribution < 1.29 is 4.79 Å². The highest BCUT2D eigenvalue weighted by Gasteiger charge is 2.38. The van der Waals surface area contributed by atoms with Crippen LogP contribution in [0.3, 0.4) is 0 Å². The molecule has 2 fully saturated rings. The fraction of sp³-hybridized carbons (Fsp3) is 0.667. The van der Waals surface area contributed by atoms with E-state index in [1.165, 1.54) is 6.42 Å². The van der Waals surface area contributed by atoms with E-state index in [4.69, 9.17) is 0 Å². The van der Waals surface area contributed by atoms with Crippen LogP contribution in [0.5, 0.6) is 0 Å². The van der Waals surface area contributed by atoms with Gasteiger partial charge in [0.25, 0.3) is 5.91 Å². The van der Waals surface area contributed by atoms with Crippen LogP contribution < -0.4 is 5.32 Å². The zero-order valence-electron chi connectivity index (χ0n) is 11.9. The Labute approximate surface area is 114 Å². The second-order valence-electron chi connectivity index (χ2n) is 6.14. The molecule has 0 saturated carbocycles. The van der Waals surface area contributed by atoms with Crippen molar-refractivity contribution in [2.24, 2.45) is 12.5 Å². The van der Waals surface area contributed by atoms with Crippen molar-refractivity contribution in [3.63, 3.8) is 0 Å². The third-order valence-corrected chi connectivity index (χ3v) is 5.04. The van der Waals surface area contributed by atoms with Crippen molar-refractivity contribution in [1.29, 1.82) is 0 Å². The molecule has 1 spiro atoms. The first-order valence-corrected chi connectivity index (χ1v) is 7.24. The first-order valence-electron chi connectivity index (χ1n) is 7.24. The van der Waals surface area contributed by atoms with Crippen LogP contribution in [0.15, 0.2) is 12.1 Å². The fourth-order valence-electron chi connectivity index (χ4n) is 3.40. The summed E-state index contributed by atoms with van der Waals surface area (Å²) in [5.74, 6) is 0.191. The highest BCUT2D eigenvalue weighted by molar-refractivity contribution is 5.93. The molecule has 0 atom stereocenters. The molecule has 4 nitrogen and oxygen atoms in total. The average Bonchev–Trinajstić information content (AvgIpc) is 2.99. The molecule has 1 aromatic heterocycles. The van der Waals surface area contributed by atoms with Crippen molar-refractivity contribution in [2.45, 2.75) is 26.2 Å². The number of aryl methyl sites for hydroxylation is 1. The van der Waals surface area contributed by atoms with Crippen LogP contribution in [-0.4, -0.2) is 41.6 Å². The highest BCUT2D eigenvalue weighted by atomic mass is 16.2. The number of carbonyl (C=O) groups excluding carboxylic acids is 1. The minimum Gasteiger partial charge on any atom is -0.344 e. The van der Waals surface area contributed by atoms with Gasteiger partial charge in [-0.3, -0.25) is 4.79 Å². The van der Waals surface area contributed by atoms with E-state index in [-0.39, 0.29) is 5.91 Å². The molecule has 0 bridgehead atoms. The summed E-state index contributed by atoms with van der Waals surface area (Å²) in [5, 5.41) is 3.46. The van der Waals surface area contributed by atoms with Crippen molar-refractivity contribution >= 4 is 5.91 Å². The predicted octanol–water partition coefficient (Wildman–Crippen LogP) is 1.55. The lowest BCUT2D eigenvalue weighted by molar-refractivity contribution is 0.0598. The third-order valence-electron chi connectivity index (χ3n) is 5.04. The Hall–Kier alpha value is -1.29. The van der Waals surface area contributed by atoms with Gasteiger partial charge >= 0.3 is 0 Å². The summed E-state index contributed by atoms with van der Waals surface area (Å²) in [6.45, 7) is 6.13. The molecule has 0 aromatic carbocycles. The van der Waals surface area contributed by atoms with Crippen LogP contribution in [0, 0.1) is 12.3 Å². The lowest BCUT2D eigenvalue weighted by Crippen LogP contribution is -2.44. The molecule has 1 aromatic rings. The van der Waals surface area contributed by atoms with Gasteiger partial charge in [-0.1, -0.05) is 0 Å². The normalized spacial score (nSPS) is 22.1. The Bertz CT molecular complexity index is 476. The fourth-order valence-corrected chi connectivity index (χ4v) is 3.40. The molecule has 1 amide bonds. The Morgan fingerprint density at radius 3 is 2.53 bits per heavy atom. The molecule has 19 heavy (non-hydrogen) atoms. The van der Waals surface area contributed by atoms with E-state index in [1.807, 2.05) is 35.6 Å². The standard InChI is InChI=1S/C15H23N3O/c1-12-3-4-13(17(12)2)14(19)18-9-6-15(7-10-18)5-8-16-11-15/h3-4,16H,5-11H2,1-2H3. The molecule has 0 aliphatic carbocycles. The quantitative estimate of drug-likeness (QED) is 0.833. The van der Waals surface area contributed by atoms with Crippen molar-refractivity contribution in [2.75, 3.05) is 26.2 Å². The van der Waals surface area contributed by atoms with Crippen LogP contribution in [0.4, 0.5) is 0 Å². The number of amides is 1. The molecule has 0 unspecified atom stereocenters. The largest absolute Gasteiger partial charge is 0.344 e. The van der Waals surface area contributed by atoms with E-state index in [0.29, 0.717) is 5.41 Å². The summed E-state index contributed by atoms with van der Waals surface area (Å²) in [5.41, 5.74) is 2.43. The minimum atomic E-state index is 0.191. The second kappa shape index (κ2) is 4.67. The van der Waals surface area contributed by atoms with Crippen LogP contribution in [-0.2, 0) is 7.05 Å². The van der Waals surface area contributed by atoms with E-state index in [1.54, 1.807) is 0 Å². The van der Waals surface area contributed by atoms with E-state index < -0.39 is 0 Å². The minimum absolute atomic E-state index is 0.191. The molecule has 2 aliphatic heterocycles. The summed E-state index contributed by atoms with van der Waals surface area (Å²) in [7, 11) is 1.97. The van der Waals surface area contributed by atoms with Crippen LogP contribution in [0.2, 0.25) is 0 Å². The van der Waals surface area contributed by atoms with Gasteiger partial charge in [0.15, 0.2) is 0 Å². The Morgan fingerprint density at radius 2 is 2.00 bits per heavy atom. The monoisotopic (exact) mass is 261 g/mol. The van der Waals surface area contributed by atoms with Crippen LogP contribution in [0.1, 0.15) is 35.4 Å². The topological polar surface area (TPSA) is 37.3 Å². The van der Waals surface area contributed by atoms with Gasteiger partial charge in [-0.25, -0.2) is 0 Å². The van der Waals surface area contributed by atoms with Gasteiger partial charge in [-0.15, -0.1) is 0 Å². The molecule has 104 valence electrons. The van der Waals surface area contributed by atoms with Gasteiger partial charge in [0.2, 0.25) is 0 Å². The Kier molecular flexibility index (Phi) is 3.13. The average molecular weight is 261 g/mol. The number of hydrogen-bond acceptors (Lipinski definition) is 2. The van der Waals surface area contributed by atoms with Gasteiger partial charge in [0.1, 0.15) is 5.69 Å². The van der Waals surface area contributed by atoms with Crippen LogP contribution >= 0.6 is 0 Å². The molecule has 3 rings (SSSR count). The zero-order chi connectivity index (χ0) is 13.5. The smallest absolute Gasteiger partial charge is 0.270 e. The maximum absolute atomic E-state index is 12.5. The molecular weight excluding hydrogens is 238 g/mol. The summed E-state index contributed by atoms with van der Waals surface area (Å²) < 4.78 is 1.99. The molecule has 3 heterocycles. The van der Waals surface area contributed by atoms with Crippen LogP contribution in [0.25, 0.3) is 0 Å². The SMILES string of the molecule is Cc1ccc(C(=O)N2CCC3(CCNC3)CC2)n1C. The van der Waals surface area contributed by atoms with E-state index in [0.717, 1.165) is 50.4 Å². The lowest BCUT2D eigenvalue weighted by atomic mass is 9.78. The number of carbonyl (C=O) groups is 1. The maximum atomic E-state index is 12.5. The van der Waals surface area contributed by atoms with Gasteiger partial charge in [-0.05, 0) is 50.3 Å². The Morgan fingerprint density at radius 1 is 1.26 bits per heavy atom. The van der Waals surface area contributed by atoms with Gasteiger partial charge in [0.05, 0.1) is 0 Å². The van der Waals surface area contributed by atoms with E-state index in [2.05, 4.69) is 5.32 Å². The molecule has 0 radical (unpaired) electrons. The number of hydrogen-bond donors (Lipinski definition) is 1. The van der Waals surface area contributed by atoms with Gasteiger partial charge in [0, 0.05) is 32.4 Å². The first-order chi connectivity index (χ1) is 9.11. The number of nitrogens with zero attached hydrogens (tertiary/aromatic N) is 2. The van der Waals surface area contributed by atoms with E-state index >= 15 is 0 Å². The van der Waals surface area contributed by atoms with Crippen molar-refractivity contribution in [1.82, 2.24) is 14.8 Å². The zero-order valence-corrected chi connectivity index (χ0v) is 11.9. The summed E-state index contributed by atoms with van der Waals surface area (Å²) >= 11 is 0. The van der Waals surface area contributed by atoms with Gasteiger partial charge in [-0.2, -0.15) is 0 Å². The number of nitrogens with one attached hydrogen (secondary N) is 1. The second-order valence-corrected chi connectivity index (χ2v) is 6.14. The molecule has 4 heteroatoms. The number of piperidine rings is 1. The van der Waals surface area contributed by atoms with Gasteiger partial charge < -0.3 is 14.8 Å². The number of likely N-dealkylation sites (tertiary alicyclic amines) is 1. The molecule has 2 saturated heterocycles. The Balaban J connectivity index is 1.68. The summed E-state index contributed by atoms with van der Waals surface area (Å²) in [6, 6.07) is 3.96. The number of aromatic nitrogens is 1. The molecular formula is C15H23N3O. The summed E-state index contributed by atoms with van der Waals surface area (Å²) in [4.78, 5) is 14.6. The summed E-state index contributed by atoms with van der Waals surface area (Å²) in [6.07, 6.45) is 3.57. The van der Waals surface area contributed by atoms with Crippen molar-refractivity contribution in [3.8, 4) is 0 Å². The van der Waals surface area contributed by atoms with E-state index in [9.17, 15) is 4.79 Å². The number of rotatable bonds is 1. The molecule has 2 aliphatic rings.